The van der Waals surface area contributed by atoms with Gasteiger partial charge < -0.3 is 14.8 Å². The number of benzene rings is 2. The van der Waals surface area contributed by atoms with Crippen molar-refractivity contribution in [2.24, 2.45) is 0 Å². The summed E-state index contributed by atoms with van der Waals surface area (Å²) in [6.07, 6.45) is -4.19. The normalized spacial score (nSPS) is 13.2. The first-order valence-electron chi connectivity index (χ1n) is 6.93. The predicted molar refractivity (Wildman–Crippen MR) is 83.1 cm³/mol. The molecule has 2 aromatic carbocycles. The molecule has 122 valence electrons. The Hall–Kier alpha value is -2.02. The third-order valence-electron chi connectivity index (χ3n) is 3.23. The molecule has 0 bridgehead atoms. The first-order chi connectivity index (χ1) is 11.0. The van der Waals surface area contributed by atoms with Crippen molar-refractivity contribution in [1.29, 1.82) is 0 Å². The smallest absolute Gasteiger partial charge is 0.398 e. The number of halogens is 3. The standard InChI is InChI=1S/C16H14F3NO2S/c17-16(18,19)9-23-14-7-2-1-5-12(14)20-8-11-4-3-6-13-15(11)22-10-21-13/h1-7,20H,8-10H2. The molecule has 23 heavy (non-hydrogen) atoms. The maximum absolute atomic E-state index is 12.4. The van der Waals surface area contributed by atoms with Gasteiger partial charge in [-0.25, -0.2) is 0 Å². The Labute approximate surface area is 135 Å². The highest BCUT2D eigenvalue weighted by Crippen LogP contribution is 2.36. The van der Waals surface area contributed by atoms with E-state index in [-0.39, 0.29) is 6.79 Å². The van der Waals surface area contributed by atoms with Crippen molar-refractivity contribution in [3.8, 4) is 11.5 Å². The maximum Gasteiger partial charge on any atom is 0.398 e. The highest BCUT2D eigenvalue weighted by Gasteiger charge is 2.27. The van der Waals surface area contributed by atoms with Crippen molar-refractivity contribution in [3.63, 3.8) is 0 Å². The molecule has 3 rings (SSSR count). The molecule has 1 heterocycles. The van der Waals surface area contributed by atoms with Gasteiger partial charge in [0.25, 0.3) is 0 Å². The van der Waals surface area contributed by atoms with Gasteiger partial charge in [0, 0.05) is 22.7 Å². The second kappa shape index (κ2) is 6.62. The number of rotatable bonds is 5. The largest absolute Gasteiger partial charge is 0.454 e. The van der Waals surface area contributed by atoms with Crippen LogP contribution in [0.5, 0.6) is 11.5 Å². The summed E-state index contributed by atoms with van der Waals surface area (Å²) in [5.41, 5.74) is 1.56. The van der Waals surface area contributed by atoms with E-state index in [1.807, 2.05) is 18.2 Å². The predicted octanol–water partition coefficient (Wildman–Crippen LogP) is 4.68. The Morgan fingerprint density at radius 2 is 1.87 bits per heavy atom. The monoisotopic (exact) mass is 341 g/mol. The number of hydrogen-bond acceptors (Lipinski definition) is 4. The van der Waals surface area contributed by atoms with E-state index in [4.69, 9.17) is 9.47 Å². The van der Waals surface area contributed by atoms with Crippen LogP contribution in [-0.4, -0.2) is 18.7 Å². The van der Waals surface area contributed by atoms with Gasteiger partial charge in [-0.3, -0.25) is 0 Å². The Morgan fingerprint density at radius 3 is 2.70 bits per heavy atom. The van der Waals surface area contributed by atoms with Gasteiger partial charge in [0.2, 0.25) is 6.79 Å². The van der Waals surface area contributed by atoms with Crippen LogP contribution in [0.1, 0.15) is 5.56 Å². The summed E-state index contributed by atoms with van der Waals surface area (Å²) in [4.78, 5) is 0.564. The fourth-order valence-electron chi connectivity index (χ4n) is 2.22. The van der Waals surface area contributed by atoms with Gasteiger partial charge >= 0.3 is 6.18 Å². The summed E-state index contributed by atoms with van der Waals surface area (Å²) in [6, 6.07) is 12.5. The van der Waals surface area contributed by atoms with Gasteiger partial charge in [-0.2, -0.15) is 13.2 Å². The van der Waals surface area contributed by atoms with Crippen LogP contribution in [0.15, 0.2) is 47.4 Å². The average molecular weight is 341 g/mol. The van der Waals surface area contributed by atoms with Crippen LogP contribution in [0.3, 0.4) is 0 Å². The summed E-state index contributed by atoms with van der Waals surface area (Å²) in [5, 5.41) is 3.17. The molecule has 0 radical (unpaired) electrons. The zero-order valence-electron chi connectivity index (χ0n) is 12.0. The third-order valence-corrected chi connectivity index (χ3v) is 4.36. The second-order valence-electron chi connectivity index (χ2n) is 4.90. The third kappa shape index (κ3) is 4.04. The van der Waals surface area contributed by atoms with Crippen LogP contribution in [0.4, 0.5) is 18.9 Å². The molecule has 0 unspecified atom stereocenters. The SMILES string of the molecule is FC(F)(F)CSc1ccccc1NCc1cccc2c1OCO2. The number of alkyl halides is 3. The number of hydrogen-bond donors (Lipinski definition) is 1. The van der Waals surface area contributed by atoms with Crippen LogP contribution in [0.2, 0.25) is 0 Å². The minimum atomic E-state index is -4.19. The van der Waals surface area contributed by atoms with E-state index in [2.05, 4.69) is 5.32 Å². The molecule has 0 spiro atoms. The minimum absolute atomic E-state index is 0.185. The van der Waals surface area contributed by atoms with E-state index in [1.54, 1.807) is 24.3 Å². The maximum atomic E-state index is 12.4. The molecule has 1 aliphatic rings. The van der Waals surface area contributed by atoms with Gasteiger partial charge in [-0.05, 0) is 18.2 Å². The van der Waals surface area contributed by atoms with Gasteiger partial charge in [-0.15, -0.1) is 11.8 Å². The van der Waals surface area contributed by atoms with Gasteiger partial charge in [0.05, 0.1) is 5.75 Å². The number of thioether (sulfide) groups is 1. The molecule has 0 amide bonds. The zero-order chi connectivity index (χ0) is 16.3. The molecule has 3 nitrogen and oxygen atoms in total. The van der Waals surface area contributed by atoms with E-state index in [0.717, 1.165) is 17.3 Å². The topological polar surface area (TPSA) is 30.5 Å². The Morgan fingerprint density at radius 1 is 1.04 bits per heavy atom. The summed E-state index contributed by atoms with van der Waals surface area (Å²) >= 11 is 0.771. The van der Waals surface area contributed by atoms with Crippen molar-refractivity contribution in [2.45, 2.75) is 17.6 Å². The van der Waals surface area contributed by atoms with Crippen LogP contribution < -0.4 is 14.8 Å². The molecule has 1 N–H and O–H groups in total. The van der Waals surface area contributed by atoms with Crippen molar-refractivity contribution >= 4 is 17.4 Å². The Bertz CT molecular complexity index is 691. The van der Waals surface area contributed by atoms with Crippen molar-refractivity contribution in [2.75, 3.05) is 17.9 Å². The van der Waals surface area contributed by atoms with Crippen molar-refractivity contribution < 1.29 is 22.6 Å². The molecule has 0 aromatic heterocycles. The summed E-state index contributed by atoms with van der Waals surface area (Å²) < 4.78 is 47.9. The van der Waals surface area contributed by atoms with E-state index in [9.17, 15) is 13.2 Å². The lowest BCUT2D eigenvalue weighted by Crippen LogP contribution is -2.11. The number of ether oxygens (including phenoxy) is 2. The van der Waals surface area contributed by atoms with E-state index >= 15 is 0 Å². The highest BCUT2D eigenvalue weighted by atomic mass is 32.2. The first-order valence-corrected chi connectivity index (χ1v) is 7.91. The van der Waals surface area contributed by atoms with Gasteiger partial charge in [0.15, 0.2) is 11.5 Å². The van der Waals surface area contributed by atoms with Crippen molar-refractivity contribution in [3.05, 3.63) is 48.0 Å². The molecule has 2 aromatic rings. The molecule has 0 saturated carbocycles. The van der Waals surface area contributed by atoms with E-state index in [0.29, 0.717) is 28.6 Å². The van der Waals surface area contributed by atoms with Crippen LogP contribution in [-0.2, 0) is 6.54 Å². The quantitative estimate of drug-likeness (QED) is 0.800. The van der Waals surface area contributed by atoms with E-state index in [1.165, 1.54) is 0 Å². The molecule has 7 heteroatoms. The van der Waals surface area contributed by atoms with Crippen LogP contribution in [0, 0.1) is 0 Å². The highest BCUT2D eigenvalue weighted by molar-refractivity contribution is 7.99. The second-order valence-corrected chi connectivity index (χ2v) is 5.92. The Kier molecular flexibility index (Phi) is 4.56. The molecular weight excluding hydrogens is 327 g/mol. The summed E-state index contributed by atoms with van der Waals surface area (Å²) in [7, 11) is 0. The lowest BCUT2D eigenvalue weighted by Gasteiger charge is -2.13. The first kappa shape index (κ1) is 15.9. The molecular formula is C16H14F3NO2S. The summed E-state index contributed by atoms with van der Waals surface area (Å²) in [5.74, 6) is 0.452. The fraction of sp³-hybridized carbons (Fsp3) is 0.250. The molecule has 0 atom stereocenters. The number of para-hydroxylation sites is 2. The summed E-state index contributed by atoms with van der Waals surface area (Å²) in [6.45, 7) is 0.625. The number of fused-ring (bicyclic) bond motifs is 1. The molecule has 1 aliphatic heterocycles. The van der Waals surface area contributed by atoms with Gasteiger partial charge in [0.1, 0.15) is 0 Å². The van der Waals surface area contributed by atoms with Gasteiger partial charge in [-0.1, -0.05) is 24.3 Å². The van der Waals surface area contributed by atoms with E-state index < -0.39 is 11.9 Å². The lowest BCUT2D eigenvalue weighted by molar-refractivity contribution is -0.105. The van der Waals surface area contributed by atoms with Crippen molar-refractivity contribution in [1.82, 2.24) is 0 Å². The number of anilines is 1. The number of nitrogens with one attached hydrogen (secondary N) is 1. The zero-order valence-corrected chi connectivity index (χ0v) is 12.8. The molecule has 0 saturated heterocycles. The lowest BCUT2D eigenvalue weighted by atomic mass is 10.2. The molecule has 0 fully saturated rings. The van der Waals surface area contributed by atoms with Crippen LogP contribution >= 0.6 is 11.8 Å². The average Bonchev–Trinajstić information content (AvgIpc) is 3.00. The fourth-order valence-corrected chi connectivity index (χ4v) is 3.01. The molecule has 0 aliphatic carbocycles. The minimum Gasteiger partial charge on any atom is -0.454 e. The Balaban J connectivity index is 1.70. The van der Waals surface area contributed by atoms with Crippen LogP contribution in [0.25, 0.3) is 0 Å².